The molecular formula is C27H33ClO5. The van der Waals surface area contributed by atoms with Gasteiger partial charge in [0.05, 0.1) is 31.0 Å². The van der Waals surface area contributed by atoms with Gasteiger partial charge in [-0.05, 0) is 54.0 Å². The minimum absolute atomic E-state index is 0.136. The SMILES string of the molecule is OC[C@H]1OC(c2ccc(Cl)c(Cc3ccc(C4COC5(CCCC5)C4)cc3)c2)C[C@@H](O)[C@@H]1O. The molecule has 3 aliphatic rings. The van der Waals surface area contributed by atoms with Crippen LogP contribution in [0.2, 0.25) is 5.02 Å². The molecule has 2 saturated heterocycles. The Morgan fingerprint density at radius 2 is 1.73 bits per heavy atom. The monoisotopic (exact) mass is 472 g/mol. The minimum Gasteiger partial charge on any atom is -0.394 e. The van der Waals surface area contributed by atoms with Crippen molar-refractivity contribution in [3.8, 4) is 0 Å². The van der Waals surface area contributed by atoms with Crippen molar-refractivity contribution in [2.45, 2.75) is 80.9 Å². The topological polar surface area (TPSA) is 79.2 Å². The average Bonchev–Trinajstić information content (AvgIpc) is 3.47. The Labute approximate surface area is 200 Å². The molecule has 0 aromatic heterocycles. The quantitative estimate of drug-likeness (QED) is 0.605. The van der Waals surface area contributed by atoms with Crippen LogP contribution in [0.1, 0.15) is 72.8 Å². The van der Waals surface area contributed by atoms with Gasteiger partial charge in [-0.1, -0.05) is 60.8 Å². The molecule has 2 heterocycles. The van der Waals surface area contributed by atoms with Gasteiger partial charge in [0.1, 0.15) is 12.2 Å². The largest absolute Gasteiger partial charge is 0.394 e. The van der Waals surface area contributed by atoms with Crippen molar-refractivity contribution in [2.24, 2.45) is 0 Å². The standard InChI is InChI=1S/C27H33ClO5/c28-22-8-7-19(24-13-23(30)26(31)25(15-29)33-24)12-20(22)11-17-3-5-18(6-4-17)21-14-27(32-16-21)9-1-2-10-27/h3-8,12,21,23-26,29-31H,1-2,9-11,13-16H2/t21?,23-,24?,25-,26+/m1/s1. The van der Waals surface area contributed by atoms with Crippen LogP contribution in [0.4, 0.5) is 0 Å². The molecule has 3 fully saturated rings. The van der Waals surface area contributed by atoms with E-state index in [0.29, 0.717) is 17.4 Å². The van der Waals surface area contributed by atoms with Crippen molar-refractivity contribution < 1.29 is 24.8 Å². The van der Waals surface area contributed by atoms with Crippen LogP contribution in [0.3, 0.4) is 0 Å². The number of aliphatic hydroxyl groups excluding tert-OH is 3. The first-order valence-electron chi connectivity index (χ1n) is 12.1. The highest BCUT2D eigenvalue weighted by Crippen LogP contribution is 2.46. The lowest BCUT2D eigenvalue weighted by molar-refractivity contribution is -0.181. The van der Waals surface area contributed by atoms with Crippen LogP contribution in [0.25, 0.3) is 0 Å². The summed E-state index contributed by atoms with van der Waals surface area (Å²) >= 11 is 6.51. The number of rotatable bonds is 5. The van der Waals surface area contributed by atoms with Gasteiger partial charge in [-0.15, -0.1) is 0 Å². The molecule has 5 rings (SSSR count). The predicted octanol–water partition coefficient (Wildman–Crippen LogP) is 4.29. The maximum Gasteiger partial charge on any atom is 0.110 e. The fraction of sp³-hybridized carbons (Fsp3) is 0.556. The normalized spacial score (nSPS) is 31.3. The van der Waals surface area contributed by atoms with Crippen molar-refractivity contribution in [1.82, 2.24) is 0 Å². The highest BCUT2D eigenvalue weighted by Gasteiger charge is 2.42. The van der Waals surface area contributed by atoms with Crippen molar-refractivity contribution in [3.63, 3.8) is 0 Å². The number of hydrogen-bond acceptors (Lipinski definition) is 5. The first-order valence-corrected chi connectivity index (χ1v) is 12.5. The summed E-state index contributed by atoms with van der Waals surface area (Å²) in [6, 6.07) is 14.6. The van der Waals surface area contributed by atoms with Gasteiger partial charge in [-0.2, -0.15) is 0 Å². The second-order valence-electron chi connectivity index (χ2n) is 10.0. The Bertz CT molecular complexity index is 955. The molecule has 33 heavy (non-hydrogen) atoms. The number of aliphatic hydroxyl groups is 3. The van der Waals surface area contributed by atoms with Gasteiger partial charge >= 0.3 is 0 Å². The summed E-state index contributed by atoms with van der Waals surface area (Å²) in [6.07, 6.45) is 3.88. The van der Waals surface area contributed by atoms with E-state index < -0.39 is 24.4 Å². The summed E-state index contributed by atoms with van der Waals surface area (Å²) in [5.74, 6) is 0.480. The summed E-state index contributed by atoms with van der Waals surface area (Å²) < 4.78 is 12.1. The van der Waals surface area contributed by atoms with E-state index in [9.17, 15) is 15.3 Å². The molecule has 2 aromatic rings. The van der Waals surface area contributed by atoms with Gasteiger partial charge < -0.3 is 24.8 Å². The molecule has 1 aliphatic carbocycles. The van der Waals surface area contributed by atoms with E-state index in [0.717, 1.165) is 24.2 Å². The second kappa shape index (κ2) is 9.65. The van der Waals surface area contributed by atoms with Crippen LogP contribution in [0.15, 0.2) is 42.5 Å². The molecule has 0 radical (unpaired) electrons. The summed E-state index contributed by atoms with van der Waals surface area (Å²) in [5, 5.41) is 30.3. The van der Waals surface area contributed by atoms with Crippen LogP contribution in [-0.4, -0.2) is 52.4 Å². The number of ether oxygens (including phenoxy) is 2. The summed E-state index contributed by atoms with van der Waals surface area (Å²) in [7, 11) is 0. The Morgan fingerprint density at radius 1 is 1.00 bits per heavy atom. The maximum absolute atomic E-state index is 10.2. The van der Waals surface area contributed by atoms with E-state index >= 15 is 0 Å². The van der Waals surface area contributed by atoms with Crippen molar-refractivity contribution in [3.05, 3.63) is 69.7 Å². The number of hydrogen-bond donors (Lipinski definition) is 3. The van der Waals surface area contributed by atoms with E-state index in [1.165, 1.54) is 36.8 Å². The van der Waals surface area contributed by atoms with Gasteiger partial charge in [0, 0.05) is 17.4 Å². The van der Waals surface area contributed by atoms with Crippen LogP contribution in [-0.2, 0) is 15.9 Å². The number of benzene rings is 2. The smallest absolute Gasteiger partial charge is 0.110 e. The molecule has 6 heteroatoms. The second-order valence-corrected chi connectivity index (χ2v) is 10.4. The Hall–Kier alpha value is -1.47. The lowest BCUT2D eigenvalue weighted by Crippen LogP contribution is -2.47. The van der Waals surface area contributed by atoms with E-state index in [2.05, 4.69) is 24.3 Å². The van der Waals surface area contributed by atoms with Crippen molar-refractivity contribution in [1.29, 1.82) is 0 Å². The predicted molar refractivity (Wildman–Crippen MR) is 127 cm³/mol. The fourth-order valence-electron chi connectivity index (χ4n) is 5.80. The molecule has 0 amide bonds. The van der Waals surface area contributed by atoms with Gasteiger partial charge in [0.15, 0.2) is 0 Å². The minimum atomic E-state index is -1.08. The van der Waals surface area contributed by atoms with Gasteiger partial charge in [-0.25, -0.2) is 0 Å². The fourth-order valence-corrected chi connectivity index (χ4v) is 5.99. The molecule has 5 nitrogen and oxygen atoms in total. The molecule has 2 aliphatic heterocycles. The highest BCUT2D eigenvalue weighted by molar-refractivity contribution is 6.31. The molecule has 2 unspecified atom stereocenters. The third kappa shape index (κ3) is 4.86. The van der Waals surface area contributed by atoms with Crippen LogP contribution in [0.5, 0.6) is 0 Å². The average molecular weight is 473 g/mol. The summed E-state index contributed by atoms with van der Waals surface area (Å²) in [5.41, 5.74) is 4.54. The zero-order valence-corrected chi connectivity index (χ0v) is 19.6. The van der Waals surface area contributed by atoms with Gasteiger partial charge in [0.2, 0.25) is 0 Å². The van der Waals surface area contributed by atoms with E-state index in [1.54, 1.807) is 0 Å². The zero-order valence-electron chi connectivity index (χ0n) is 18.8. The highest BCUT2D eigenvalue weighted by atomic mass is 35.5. The molecule has 2 aromatic carbocycles. The van der Waals surface area contributed by atoms with Crippen molar-refractivity contribution >= 4 is 11.6 Å². The van der Waals surface area contributed by atoms with Crippen LogP contribution in [0, 0.1) is 0 Å². The Morgan fingerprint density at radius 3 is 2.45 bits per heavy atom. The molecule has 5 atom stereocenters. The third-order valence-corrected chi connectivity index (χ3v) is 8.13. The maximum atomic E-state index is 10.2. The Balaban J connectivity index is 1.28. The first kappa shape index (κ1) is 23.3. The van der Waals surface area contributed by atoms with Crippen LogP contribution >= 0.6 is 11.6 Å². The molecule has 1 spiro atoms. The molecule has 1 saturated carbocycles. The number of halogens is 1. The lowest BCUT2D eigenvalue weighted by atomic mass is 9.88. The zero-order chi connectivity index (χ0) is 23.0. The Kier molecular flexibility index (Phi) is 6.81. The summed E-state index contributed by atoms with van der Waals surface area (Å²) in [6.45, 7) is 0.485. The van der Waals surface area contributed by atoms with Gasteiger partial charge in [-0.3, -0.25) is 0 Å². The van der Waals surface area contributed by atoms with Crippen molar-refractivity contribution in [2.75, 3.05) is 13.2 Å². The molecule has 178 valence electrons. The molecule has 0 bridgehead atoms. The van der Waals surface area contributed by atoms with E-state index in [4.69, 9.17) is 21.1 Å². The van der Waals surface area contributed by atoms with E-state index in [1.807, 2.05) is 18.2 Å². The molecule has 3 N–H and O–H groups in total. The van der Waals surface area contributed by atoms with E-state index in [-0.39, 0.29) is 18.6 Å². The first-order chi connectivity index (χ1) is 16.0. The molecular weight excluding hydrogens is 440 g/mol. The van der Waals surface area contributed by atoms with Gasteiger partial charge in [0.25, 0.3) is 0 Å². The third-order valence-electron chi connectivity index (χ3n) is 7.76. The van der Waals surface area contributed by atoms with Crippen LogP contribution < -0.4 is 0 Å². The lowest BCUT2D eigenvalue weighted by Gasteiger charge is -2.36. The summed E-state index contributed by atoms with van der Waals surface area (Å²) in [4.78, 5) is 0.